The van der Waals surface area contributed by atoms with Crippen molar-refractivity contribution >= 4 is 33.5 Å². The summed E-state index contributed by atoms with van der Waals surface area (Å²) in [5.74, 6) is -0.932. The van der Waals surface area contributed by atoms with E-state index >= 15 is 0 Å². The summed E-state index contributed by atoms with van der Waals surface area (Å²) in [6.07, 6.45) is 3.37. The molecule has 0 fully saturated rings. The van der Waals surface area contributed by atoms with Gasteiger partial charge in [0, 0.05) is 17.6 Å². The maximum absolute atomic E-state index is 12.2. The van der Waals surface area contributed by atoms with Crippen LogP contribution in [0.5, 0.6) is 0 Å². The minimum absolute atomic E-state index is 0.180. The molecule has 6 aromatic rings. The Kier molecular flexibility index (Phi) is 8.01. The van der Waals surface area contributed by atoms with E-state index in [4.69, 9.17) is 9.47 Å². The van der Waals surface area contributed by atoms with Gasteiger partial charge in [-0.1, -0.05) is 110 Å². The maximum atomic E-state index is 12.2. The number of rotatable bonds is 10. The summed E-state index contributed by atoms with van der Waals surface area (Å²) in [5.41, 5.74) is 8.30. The van der Waals surface area contributed by atoms with Crippen LogP contribution in [-0.2, 0) is 24.5 Å². The molecule has 0 aromatic heterocycles. The number of esters is 2. The minimum atomic E-state index is -0.604. The molecule has 0 radical (unpaired) electrons. The highest BCUT2D eigenvalue weighted by Gasteiger charge is 2.43. The quantitative estimate of drug-likeness (QED) is 0.114. The van der Waals surface area contributed by atoms with Crippen molar-refractivity contribution in [1.82, 2.24) is 0 Å². The van der Waals surface area contributed by atoms with Crippen molar-refractivity contribution in [1.29, 1.82) is 0 Å². The zero-order valence-electron chi connectivity index (χ0n) is 26.1. The molecule has 0 heterocycles. The Labute approximate surface area is 274 Å². The van der Waals surface area contributed by atoms with Crippen LogP contribution in [0.25, 0.3) is 54.9 Å². The van der Waals surface area contributed by atoms with Crippen molar-refractivity contribution in [3.05, 3.63) is 158 Å². The fourth-order valence-electron chi connectivity index (χ4n) is 7.03. The molecule has 0 aliphatic heterocycles. The van der Waals surface area contributed by atoms with Gasteiger partial charge in [0.25, 0.3) is 0 Å². The van der Waals surface area contributed by atoms with E-state index in [9.17, 15) is 9.59 Å². The molecule has 0 atom stereocenters. The van der Waals surface area contributed by atoms with Crippen molar-refractivity contribution in [3.63, 3.8) is 0 Å². The molecular weight excluding hydrogens is 580 g/mol. The van der Waals surface area contributed by atoms with Crippen molar-refractivity contribution in [3.8, 4) is 33.4 Å². The third-order valence-electron chi connectivity index (χ3n) is 9.41. The van der Waals surface area contributed by atoms with Crippen LogP contribution in [0.1, 0.15) is 24.0 Å². The highest BCUT2D eigenvalue weighted by Crippen LogP contribution is 2.54. The summed E-state index contributed by atoms with van der Waals surface area (Å²) in [7, 11) is 0. The number of hydrogen-bond donors (Lipinski definition) is 0. The number of fused-ring (bicyclic) bond motifs is 5. The van der Waals surface area contributed by atoms with E-state index < -0.39 is 17.4 Å². The molecule has 0 amide bonds. The van der Waals surface area contributed by atoms with E-state index in [-0.39, 0.29) is 13.2 Å². The molecule has 0 bridgehead atoms. The van der Waals surface area contributed by atoms with Gasteiger partial charge in [-0.3, -0.25) is 0 Å². The largest absolute Gasteiger partial charge is 0.462 e. The van der Waals surface area contributed by atoms with Gasteiger partial charge in [0.1, 0.15) is 0 Å². The first kappa shape index (κ1) is 29.9. The standard InChI is InChI=1S/C43H34O4/c1-3-41(44)46-23-21-43(22-24-47-42(45)4-2)39-27-35(33-15-13-29-9-5-7-11-31(29)25-33)17-19-37(39)38-20-18-36(28-40(38)43)34-16-14-30-10-6-8-12-32(30)26-34/h3-20,25-28H,1-2,21-24H2. The summed E-state index contributed by atoms with van der Waals surface area (Å²) in [6.45, 7) is 7.50. The Balaban J connectivity index is 1.39. The van der Waals surface area contributed by atoms with E-state index in [0.29, 0.717) is 12.8 Å². The minimum Gasteiger partial charge on any atom is -0.462 e. The van der Waals surface area contributed by atoms with Gasteiger partial charge in [-0.25, -0.2) is 9.59 Å². The first-order valence-electron chi connectivity index (χ1n) is 15.9. The van der Waals surface area contributed by atoms with Gasteiger partial charge in [-0.15, -0.1) is 0 Å². The highest BCUT2D eigenvalue weighted by molar-refractivity contribution is 5.91. The molecule has 0 unspecified atom stereocenters. The molecule has 230 valence electrons. The number of hydrogen-bond acceptors (Lipinski definition) is 4. The number of benzene rings is 6. The fourth-order valence-corrected chi connectivity index (χ4v) is 7.03. The average Bonchev–Trinajstić information content (AvgIpc) is 3.39. The van der Waals surface area contributed by atoms with Gasteiger partial charge in [0.15, 0.2) is 0 Å². The van der Waals surface area contributed by atoms with E-state index in [1.165, 1.54) is 33.7 Å². The molecule has 0 saturated carbocycles. The van der Waals surface area contributed by atoms with Gasteiger partial charge in [-0.2, -0.15) is 0 Å². The average molecular weight is 615 g/mol. The Morgan fingerprint density at radius 3 is 1.32 bits per heavy atom. The van der Waals surface area contributed by atoms with Crippen molar-refractivity contribution in [2.75, 3.05) is 13.2 Å². The third-order valence-corrected chi connectivity index (χ3v) is 9.41. The summed E-state index contributed by atoms with van der Waals surface area (Å²) < 4.78 is 11.2. The smallest absolute Gasteiger partial charge is 0.330 e. The second-order valence-corrected chi connectivity index (χ2v) is 12.0. The summed E-state index contributed by atoms with van der Waals surface area (Å²) in [4.78, 5) is 24.4. The van der Waals surface area contributed by atoms with E-state index in [1.54, 1.807) is 0 Å². The van der Waals surface area contributed by atoms with E-state index in [2.05, 4.69) is 122 Å². The van der Waals surface area contributed by atoms with Gasteiger partial charge in [-0.05, 0) is 103 Å². The zero-order valence-corrected chi connectivity index (χ0v) is 26.1. The van der Waals surface area contributed by atoms with Crippen LogP contribution in [-0.4, -0.2) is 25.2 Å². The first-order chi connectivity index (χ1) is 23.0. The lowest BCUT2D eigenvalue weighted by molar-refractivity contribution is -0.138. The Hall–Kier alpha value is -5.74. The second kappa shape index (κ2) is 12.6. The lowest BCUT2D eigenvalue weighted by Gasteiger charge is -2.32. The molecule has 4 heteroatoms. The van der Waals surface area contributed by atoms with Crippen LogP contribution >= 0.6 is 0 Å². The summed E-state index contributed by atoms with van der Waals surface area (Å²) in [5, 5.41) is 4.72. The topological polar surface area (TPSA) is 52.6 Å². The Morgan fingerprint density at radius 1 is 0.511 bits per heavy atom. The predicted octanol–water partition coefficient (Wildman–Crippen LogP) is 9.83. The van der Waals surface area contributed by atoms with Crippen molar-refractivity contribution in [2.24, 2.45) is 0 Å². The molecule has 0 saturated heterocycles. The SMILES string of the molecule is C=CC(=O)OCCC1(CCOC(=O)C=C)c2cc(-c3ccc4ccccc4c3)ccc2-c2ccc(-c3ccc4ccccc4c3)cc21. The van der Waals surface area contributed by atoms with Crippen molar-refractivity contribution < 1.29 is 19.1 Å². The van der Waals surface area contributed by atoms with Crippen LogP contribution < -0.4 is 0 Å². The molecule has 47 heavy (non-hydrogen) atoms. The number of carbonyl (C=O) groups excluding carboxylic acids is 2. The second-order valence-electron chi connectivity index (χ2n) is 12.0. The molecule has 1 aliphatic carbocycles. The summed E-state index contributed by atoms with van der Waals surface area (Å²) >= 11 is 0. The fraction of sp³-hybridized carbons (Fsp3) is 0.116. The normalized spacial score (nSPS) is 12.7. The van der Waals surface area contributed by atoms with Gasteiger partial charge in [0.05, 0.1) is 13.2 Å². The number of ether oxygens (including phenoxy) is 2. The van der Waals surface area contributed by atoms with Crippen LogP contribution in [0.2, 0.25) is 0 Å². The molecule has 0 N–H and O–H groups in total. The van der Waals surface area contributed by atoms with E-state index in [0.717, 1.165) is 44.5 Å². The Morgan fingerprint density at radius 2 is 0.894 bits per heavy atom. The Bertz CT molecular complexity index is 2030. The monoisotopic (exact) mass is 614 g/mol. The maximum Gasteiger partial charge on any atom is 0.330 e. The van der Waals surface area contributed by atoms with Crippen LogP contribution in [0.3, 0.4) is 0 Å². The molecule has 0 spiro atoms. The van der Waals surface area contributed by atoms with Gasteiger partial charge < -0.3 is 9.47 Å². The number of carbonyl (C=O) groups is 2. The predicted molar refractivity (Wildman–Crippen MR) is 190 cm³/mol. The van der Waals surface area contributed by atoms with Crippen LogP contribution in [0.4, 0.5) is 0 Å². The lowest BCUT2D eigenvalue weighted by atomic mass is 9.72. The zero-order chi connectivity index (χ0) is 32.4. The van der Waals surface area contributed by atoms with Gasteiger partial charge >= 0.3 is 11.9 Å². The van der Waals surface area contributed by atoms with Crippen molar-refractivity contribution in [2.45, 2.75) is 18.3 Å². The molecule has 6 aromatic carbocycles. The van der Waals surface area contributed by atoms with E-state index in [1.807, 2.05) is 12.1 Å². The highest BCUT2D eigenvalue weighted by atomic mass is 16.5. The molecular formula is C43H34O4. The molecule has 4 nitrogen and oxygen atoms in total. The lowest BCUT2D eigenvalue weighted by Crippen LogP contribution is -2.30. The first-order valence-corrected chi connectivity index (χ1v) is 15.9. The van der Waals surface area contributed by atoms with Gasteiger partial charge in [0.2, 0.25) is 0 Å². The van der Waals surface area contributed by atoms with Crippen LogP contribution in [0, 0.1) is 0 Å². The third kappa shape index (κ3) is 5.64. The molecule has 1 aliphatic rings. The molecule has 7 rings (SSSR count). The summed E-state index contributed by atoms with van der Waals surface area (Å²) in [6, 6.07) is 43.0. The van der Waals surface area contributed by atoms with Crippen LogP contribution in [0.15, 0.2) is 147 Å².